The second-order valence-electron chi connectivity index (χ2n) is 7.04. The lowest BCUT2D eigenvalue weighted by Gasteiger charge is -2.27. The molecule has 0 saturated heterocycles. The van der Waals surface area contributed by atoms with E-state index in [2.05, 4.69) is 10.2 Å². The molecule has 4 nitrogen and oxygen atoms in total. The summed E-state index contributed by atoms with van der Waals surface area (Å²) in [5.74, 6) is -2.04. The molecule has 0 bridgehead atoms. The van der Waals surface area contributed by atoms with Crippen LogP contribution in [0, 0.1) is 18.6 Å². The zero-order valence-electron chi connectivity index (χ0n) is 14.2. The van der Waals surface area contributed by atoms with Gasteiger partial charge in [-0.3, -0.25) is 9.89 Å². The smallest absolute Gasteiger partial charge is 0.314 e. The van der Waals surface area contributed by atoms with Gasteiger partial charge in [-0.15, -0.1) is 0 Å². The van der Waals surface area contributed by atoms with Crippen molar-refractivity contribution in [1.82, 2.24) is 10.2 Å². The first kappa shape index (κ1) is 16.7. The highest BCUT2D eigenvalue weighted by Crippen LogP contribution is 2.50. The maximum absolute atomic E-state index is 14.9. The second-order valence-corrected chi connectivity index (χ2v) is 7.04. The number of aromatic nitrogens is 2. The van der Waals surface area contributed by atoms with E-state index in [0.29, 0.717) is 40.4 Å². The highest BCUT2D eigenvalue weighted by molar-refractivity contribution is 5.83. The third-order valence-corrected chi connectivity index (χ3v) is 5.73. The normalized spacial score (nSPS) is 22.8. The molecule has 0 amide bonds. The molecule has 3 aromatic rings. The summed E-state index contributed by atoms with van der Waals surface area (Å²) >= 11 is 0. The standard InChI is InChI=1S/C20H18F2N2O2/c1-11-15(3-2-4-16(11)21)20(19(25)26)8-7-12(9-20)14-6-5-13-10-23-24-18(13)17(14)22/h2-6,10,12H,7-9H2,1H3,(H,23,24)(H,25,26)/t12-,20-/m0/s1. The molecule has 1 aromatic heterocycles. The zero-order valence-corrected chi connectivity index (χ0v) is 14.2. The van der Waals surface area contributed by atoms with Crippen LogP contribution in [0.5, 0.6) is 0 Å². The Balaban J connectivity index is 1.78. The lowest BCUT2D eigenvalue weighted by Crippen LogP contribution is -2.34. The SMILES string of the molecule is Cc1c(F)cccc1[C@]1(C(=O)O)CC[C@H](c2ccc3cn[nH]c3c2F)C1. The van der Waals surface area contributed by atoms with E-state index in [0.717, 1.165) is 0 Å². The lowest BCUT2D eigenvalue weighted by molar-refractivity contribution is -0.143. The number of carboxylic acid groups (broad SMARTS) is 1. The first-order chi connectivity index (χ1) is 12.4. The van der Waals surface area contributed by atoms with Crippen molar-refractivity contribution < 1.29 is 18.7 Å². The Labute approximate surface area is 148 Å². The van der Waals surface area contributed by atoms with Crippen molar-refractivity contribution in [2.45, 2.75) is 37.5 Å². The number of nitrogens with zero attached hydrogens (tertiary/aromatic N) is 1. The monoisotopic (exact) mass is 356 g/mol. The van der Waals surface area contributed by atoms with Gasteiger partial charge >= 0.3 is 5.97 Å². The van der Waals surface area contributed by atoms with Crippen LogP contribution < -0.4 is 0 Å². The third-order valence-electron chi connectivity index (χ3n) is 5.73. The minimum atomic E-state index is -1.20. The average molecular weight is 356 g/mol. The molecule has 0 radical (unpaired) electrons. The zero-order chi connectivity index (χ0) is 18.5. The number of hydrogen-bond acceptors (Lipinski definition) is 2. The van der Waals surface area contributed by atoms with E-state index in [1.165, 1.54) is 12.1 Å². The van der Waals surface area contributed by atoms with Gasteiger partial charge in [0.1, 0.15) is 11.3 Å². The van der Waals surface area contributed by atoms with E-state index in [4.69, 9.17) is 0 Å². The number of carbonyl (C=O) groups is 1. The topological polar surface area (TPSA) is 66.0 Å². The minimum absolute atomic E-state index is 0.239. The predicted molar refractivity (Wildman–Crippen MR) is 93.1 cm³/mol. The van der Waals surface area contributed by atoms with Crippen LogP contribution in [-0.4, -0.2) is 21.3 Å². The molecule has 1 aliphatic rings. The van der Waals surface area contributed by atoms with Crippen molar-refractivity contribution in [2.24, 2.45) is 0 Å². The van der Waals surface area contributed by atoms with Gasteiger partial charge in [0.15, 0.2) is 5.82 Å². The largest absolute Gasteiger partial charge is 0.481 e. The Morgan fingerprint density at radius 2 is 2.12 bits per heavy atom. The van der Waals surface area contributed by atoms with Crippen LogP contribution in [-0.2, 0) is 10.2 Å². The van der Waals surface area contributed by atoms with Gasteiger partial charge in [-0.2, -0.15) is 5.10 Å². The summed E-state index contributed by atoms with van der Waals surface area (Å²) < 4.78 is 28.9. The van der Waals surface area contributed by atoms with Gasteiger partial charge in [-0.05, 0) is 54.9 Å². The van der Waals surface area contributed by atoms with Crippen molar-refractivity contribution >= 4 is 16.9 Å². The first-order valence-corrected chi connectivity index (χ1v) is 8.54. The average Bonchev–Trinajstić information content (AvgIpc) is 3.26. The van der Waals surface area contributed by atoms with E-state index in [1.54, 1.807) is 31.3 Å². The molecule has 0 aliphatic heterocycles. The Hall–Kier alpha value is -2.76. The summed E-state index contributed by atoms with van der Waals surface area (Å²) in [6.45, 7) is 1.60. The molecule has 134 valence electrons. The van der Waals surface area contributed by atoms with E-state index in [1.807, 2.05) is 0 Å². The number of carboxylic acids is 1. The van der Waals surface area contributed by atoms with Gasteiger partial charge in [0.05, 0.1) is 11.6 Å². The number of benzene rings is 2. The Kier molecular flexibility index (Phi) is 3.79. The Morgan fingerprint density at radius 1 is 1.31 bits per heavy atom. The number of rotatable bonds is 3. The first-order valence-electron chi connectivity index (χ1n) is 8.54. The van der Waals surface area contributed by atoms with Crippen molar-refractivity contribution in [3.8, 4) is 0 Å². The molecule has 1 heterocycles. The van der Waals surface area contributed by atoms with Gasteiger partial charge in [0, 0.05) is 5.39 Å². The molecule has 1 aliphatic carbocycles. The van der Waals surface area contributed by atoms with Gasteiger partial charge in [-0.1, -0.05) is 24.3 Å². The van der Waals surface area contributed by atoms with Crippen LogP contribution in [0.3, 0.4) is 0 Å². The number of aliphatic carboxylic acids is 1. The molecular formula is C20H18F2N2O2. The third kappa shape index (κ3) is 2.32. The van der Waals surface area contributed by atoms with Gasteiger partial charge in [0.2, 0.25) is 0 Å². The van der Waals surface area contributed by atoms with Gasteiger partial charge in [0.25, 0.3) is 0 Å². The highest BCUT2D eigenvalue weighted by atomic mass is 19.1. The molecule has 26 heavy (non-hydrogen) atoms. The maximum Gasteiger partial charge on any atom is 0.314 e. The summed E-state index contributed by atoms with van der Waals surface area (Å²) in [6, 6.07) is 8.02. The van der Waals surface area contributed by atoms with Crippen LogP contribution in [0.25, 0.3) is 10.9 Å². The number of fused-ring (bicyclic) bond motifs is 1. The quantitative estimate of drug-likeness (QED) is 0.729. The molecular weight excluding hydrogens is 338 g/mol. The van der Waals surface area contributed by atoms with E-state index >= 15 is 0 Å². The molecule has 2 atom stereocenters. The molecule has 2 aromatic carbocycles. The van der Waals surface area contributed by atoms with E-state index in [-0.39, 0.29) is 18.2 Å². The maximum atomic E-state index is 14.9. The van der Waals surface area contributed by atoms with Gasteiger partial charge in [-0.25, -0.2) is 8.78 Å². The van der Waals surface area contributed by atoms with Crippen LogP contribution >= 0.6 is 0 Å². The molecule has 6 heteroatoms. The minimum Gasteiger partial charge on any atom is -0.481 e. The molecule has 0 unspecified atom stereocenters. The van der Waals surface area contributed by atoms with Crippen LogP contribution in [0.4, 0.5) is 8.78 Å². The number of hydrogen-bond donors (Lipinski definition) is 2. The van der Waals surface area contributed by atoms with Crippen molar-refractivity contribution in [1.29, 1.82) is 0 Å². The summed E-state index contributed by atoms with van der Waals surface area (Å²) in [5.41, 5.74) is 0.443. The van der Waals surface area contributed by atoms with E-state index in [9.17, 15) is 18.7 Å². The van der Waals surface area contributed by atoms with Gasteiger partial charge < -0.3 is 5.11 Å². The van der Waals surface area contributed by atoms with Crippen LogP contribution in [0.1, 0.15) is 41.9 Å². The number of H-pyrrole nitrogens is 1. The predicted octanol–water partition coefficient (Wildman–Crippen LogP) is 4.44. The fraction of sp³-hybridized carbons (Fsp3) is 0.300. The number of halogens is 2. The molecule has 0 spiro atoms. The van der Waals surface area contributed by atoms with Crippen molar-refractivity contribution in [3.63, 3.8) is 0 Å². The Bertz CT molecular complexity index is 1010. The highest BCUT2D eigenvalue weighted by Gasteiger charge is 2.48. The summed E-state index contributed by atoms with van der Waals surface area (Å²) in [4.78, 5) is 12.2. The summed E-state index contributed by atoms with van der Waals surface area (Å²) in [6.07, 6.45) is 2.66. The molecule has 1 saturated carbocycles. The molecule has 2 N–H and O–H groups in total. The van der Waals surface area contributed by atoms with Crippen LogP contribution in [0.15, 0.2) is 36.5 Å². The second kappa shape index (κ2) is 5.90. The fourth-order valence-corrected chi connectivity index (χ4v) is 4.30. The lowest BCUT2D eigenvalue weighted by atomic mass is 9.75. The summed E-state index contributed by atoms with van der Waals surface area (Å²) in [5, 5.41) is 17.2. The fourth-order valence-electron chi connectivity index (χ4n) is 4.30. The van der Waals surface area contributed by atoms with Crippen molar-refractivity contribution in [3.05, 3.63) is 64.9 Å². The number of aromatic amines is 1. The van der Waals surface area contributed by atoms with Crippen LogP contribution in [0.2, 0.25) is 0 Å². The van der Waals surface area contributed by atoms with Crippen molar-refractivity contribution in [2.75, 3.05) is 0 Å². The van der Waals surface area contributed by atoms with E-state index < -0.39 is 17.2 Å². The summed E-state index contributed by atoms with van der Waals surface area (Å²) in [7, 11) is 0. The molecule has 4 rings (SSSR count). The number of nitrogens with one attached hydrogen (secondary N) is 1. The Morgan fingerprint density at radius 3 is 2.88 bits per heavy atom. The molecule has 1 fully saturated rings.